The summed E-state index contributed by atoms with van der Waals surface area (Å²) in [5.41, 5.74) is 3.67. The third kappa shape index (κ3) is 1.54. The highest BCUT2D eigenvalue weighted by molar-refractivity contribution is 5.43. The van der Waals surface area contributed by atoms with Crippen LogP contribution >= 0.6 is 0 Å². The number of nitrogens with zero attached hydrogens (tertiary/aromatic N) is 2. The molecule has 0 atom stereocenters. The van der Waals surface area contributed by atoms with Crippen LogP contribution in [0.3, 0.4) is 0 Å². The maximum Gasteiger partial charge on any atom is 0.137 e. The molecule has 0 aromatic carbocycles. The average Bonchev–Trinajstić information content (AvgIpc) is 2.84. The van der Waals surface area contributed by atoms with E-state index in [1.54, 1.807) is 0 Å². The van der Waals surface area contributed by atoms with Crippen LogP contribution < -0.4 is 0 Å². The largest absolute Gasteiger partial charge is 0.307 e. The van der Waals surface area contributed by atoms with Gasteiger partial charge in [-0.05, 0) is 37.5 Å². The summed E-state index contributed by atoms with van der Waals surface area (Å²) < 4.78 is 2.14. The molecule has 0 amide bonds. The lowest BCUT2D eigenvalue weighted by Crippen LogP contribution is -1.91. The summed E-state index contributed by atoms with van der Waals surface area (Å²) in [4.78, 5) is 4.72. The van der Waals surface area contributed by atoms with Gasteiger partial charge in [-0.2, -0.15) is 0 Å². The Hall–Kier alpha value is -1.31. The van der Waals surface area contributed by atoms with E-state index in [-0.39, 0.29) is 0 Å². The zero-order chi connectivity index (χ0) is 10.3. The lowest BCUT2D eigenvalue weighted by molar-refractivity contribution is 0.703. The van der Waals surface area contributed by atoms with Crippen molar-refractivity contribution in [2.75, 3.05) is 0 Å². The average molecular weight is 200 g/mol. The van der Waals surface area contributed by atoms with Crippen molar-refractivity contribution in [1.82, 2.24) is 9.38 Å². The molecular formula is C13H16N2. The van der Waals surface area contributed by atoms with Gasteiger partial charge in [-0.3, -0.25) is 0 Å². The Bertz CT molecular complexity index is 478. The molecule has 3 rings (SSSR count). The van der Waals surface area contributed by atoms with Crippen molar-refractivity contribution in [1.29, 1.82) is 0 Å². The summed E-state index contributed by atoms with van der Waals surface area (Å²) >= 11 is 0. The molecule has 0 saturated heterocycles. The minimum Gasteiger partial charge on any atom is -0.307 e. The van der Waals surface area contributed by atoms with Crippen molar-refractivity contribution in [3.63, 3.8) is 0 Å². The van der Waals surface area contributed by atoms with Gasteiger partial charge in [0.2, 0.25) is 0 Å². The molecule has 2 aromatic rings. The standard InChI is InChI=1S/C13H16N2/c1-10-6-7-15-9-12(14-13(15)8-10)11-4-2-3-5-11/h6-9,11H,2-5H2,1H3. The van der Waals surface area contributed by atoms with Gasteiger partial charge in [0, 0.05) is 18.3 Å². The molecule has 0 unspecified atom stereocenters. The number of imidazole rings is 1. The number of aromatic nitrogens is 2. The van der Waals surface area contributed by atoms with Gasteiger partial charge >= 0.3 is 0 Å². The number of hydrogen-bond acceptors (Lipinski definition) is 1. The predicted molar refractivity (Wildman–Crippen MR) is 61.1 cm³/mol. The van der Waals surface area contributed by atoms with E-state index in [1.807, 2.05) is 0 Å². The molecule has 2 heteroatoms. The minimum atomic E-state index is 0.713. The molecule has 0 bridgehead atoms. The van der Waals surface area contributed by atoms with E-state index in [0.29, 0.717) is 5.92 Å². The van der Waals surface area contributed by atoms with Gasteiger partial charge in [0.1, 0.15) is 5.65 Å². The van der Waals surface area contributed by atoms with Crippen molar-refractivity contribution in [3.05, 3.63) is 35.8 Å². The Morgan fingerprint density at radius 2 is 2.13 bits per heavy atom. The summed E-state index contributed by atoms with van der Waals surface area (Å²) in [6.07, 6.45) is 9.70. The number of hydrogen-bond donors (Lipinski definition) is 0. The summed E-state index contributed by atoms with van der Waals surface area (Å²) in [6.45, 7) is 2.12. The zero-order valence-corrected chi connectivity index (χ0v) is 9.11. The van der Waals surface area contributed by atoms with Crippen molar-refractivity contribution in [2.45, 2.75) is 38.5 Å². The molecule has 0 spiro atoms. The summed E-state index contributed by atoms with van der Waals surface area (Å²) in [6, 6.07) is 4.28. The maximum atomic E-state index is 4.72. The first-order chi connectivity index (χ1) is 7.33. The van der Waals surface area contributed by atoms with Gasteiger partial charge in [0.05, 0.1) is 5.69 Å². The third-order valence-electron chi connectivity index (χ3n) is 3.41. The molecule has 0 radical (unpaired) electrons. The van der Waals surface area contributed by atoms with Crippen molar-refractivity contribution in [2.24, 2.45) is 0 Å². The highest BCUT2D eigenvalue weighted by Crippen LogP contribution is 2.33. The van der Waals surface area contributed by atoms with Crippen LogP contribution in [0.2, 0.25) is 0 Å². The fraction of sp³-hybridized carbons (Fsp3) is 0.462. The number of pyridine rings is 1. The molecular weight excluding hydrogens is 184 g/mol. The molecule has 15 heavy (non-hydrogen) atoms. The van der Waals surface area contributed by atoms with Gasteiger partial charge in [-0.15, -0.1) is 0 Å². The lowest BCUT2D eigenvalue weighted by atomic mass is 10.1. The molecule has 2 heterocycles. The molecule has 2 nitrogen and oxygen atoms in total. The van der Waals surface area contributed by atoms with E-state index in [9.17, 15) is 0 Å². The van der Waals surface area contributed by atoms with Gasteiger partial charge in [0.25, 0.3) is 0 Å². The fourth-order valence-electron chi connectivity index (χ4n) is 2.52. The van der Waals surface area contributed by atoms with Gasteiger partial charge in [-0.25, -0.2) is 4.98 Å². The summed E-state index contributed by atoms with van der Waals surface area (Å²) in [5, 5.41) is 0. The Balaban J connectivity index is 2.05. The Morgan fingerprint density at radius 3 is 2.93 bits per heavy atom. The first-order valence-electron chi connectivity index (χ1n) is 5.78. The second-order valence-corrected chi connectivity index (χ2v) is 4.62. The minimum absolute atomic E-state index is 0.713. The molecule has 0 aliphatic heterocycles. The Morgan fingerprint density at radius 1 is 1.33 bits per heavy atom. The lowest BCUT2D eigenvalue weighted by Gasteiger charge is -2.02. The number of rotatable bonds is 1. The van der Waals surface area contributed by atoms with Crippen molar-refractivity contribution in [3.8, 4) is 0 Å². The van der Waals surface area contributed by atoms with Crippen LogP contribution in [-0.4, -0.2) is 9.38 Å². The SMILES string of the molecule is Cc1ccn2cc(C3CCCC3)nc2c1. The molecule has 1 saturated carbocycles. The summed E-state index contributed by atoms with van der Waals surface area (Å²) in [7, 11) is 0. The van der Waals surface area contributed by atoms with Crippen LogP contribution in [0.15, 0.2) is 24.5 Å². The van der Waals surface area contributed by atoms with E-state index in [2.05, 4.69) is 35.9 Å². The number of aryl methyl sites for hydroxylation is 1. The summed E-state index contributed by atoms with van der Waals surface area (Å²) in [5.74, 6) is 0.713. The van der Waals surface area contributed by atoms with Crippen LogP contribution in [0.25, 0.3) is 5.65 Å². The Labute approximate surface area is 90.0 Å². The first kappa shape index (κ1) is 8.96. The van der Waals surface area contributed by atoms with Crippen LogP contribution in [0.1, 0.15) is 42.9 Å². The highest BCUT2D eigenvalue weighted by atomic mass is 15.0. The maximum absolute atomic E-state index is 4.72. The normalized spacial score (nSPS) is 17.7. The second-order valence-electron chi connectivity index (χ2n) is 4.62. The molecule has 1 aliphatic carbocycles. The predicted octanol–water partition coefficient (Wildman–Crippen LogP) is 3.30. The van der Waals surface area contributed by atoms with E-state index in [4.69, 9.17) is 4.98 Å². The van der Waals surface area contributed by atoms with Crippen molar-refractivity contribution < 1.29 is 0 Å². The van der Waals surface area contributed by atoms with Gasteiger partial charge in [0.15, 0.2) is 0 Å². The van der Waals surface area contributed by atoms with Crippen LogP contribution in [0.5, 0.6) is 0 Å². The molecule has 0 N–H and O–H groups in total. The van der Waals surface area contributed by atoms with E-state index >= 15 is 0 Å². The van der Waals surface area contributed by atoms with E-state index < -0.39 is 0 Å². The zero-order valence-electron chi connectivity index (χ0n) is 9.11. The third-order valence-corrected chi connectivity index (χ3v) is 3.41. The number of fused-ring (bicyclic) bond motifs is 1. The fourth-order valence-corrected chi connectivity index (χ4v) is 2.52. The van der Waals surface area contributed by atoms with Gasteiger partial charge < -0.3 is 4.40 Å². The van der Waals surface area contributed by atoms with Gasteiger partial charge in [-0.1, -0.05) is 12.8 Å². The Kier molecular flexibility index (Phi) is 2.01. The molecule has 1 fully saturated rings. The van der Waals surface area contributed by atoms with Crippen LogP contribution in [-0.2, 0) is 0 Å². The highest BCUT2D eigenvalue weighted by Gasteiger charge is 2.19. The van der Waals surface area contributed by atoms with E-state index in [1.165, 1.54) is 36.9 Å². The van der Waals surface area contributed by atoms with Crippen LogP contribution in [0, 0.1) is 6.92 Å². The topological polar surface area (TPSA) is 17.3 Å². The molecule has 1 aliphatic rings. The monoisotopic (exact) mass is 200 g/mol. The quantitative estimate of drug-likeness (QED) is 0.690. The molecule has 2 aromatic heterocycles. The smallest absolute Gasteiger partial charge is 0.137 e. The van der Waals surface area contributed by atoms with Crippen LogP contribution in [0.4, 0.5) is 0 Å². The van der Waals surface area contributed by atoms with E-state index in [0.717, 1.165) is 5.65 Å². The second kappa shape index (κ2) is 3.37. The molecule has 78 valence electrons. The van der Waals surface area contributed by atoms with Crippen molar-refractivity contribution >= 4 is 5.65 Å². The first-order valence-corrected chi connectivity index (χ1v) is 5.78.